The van der Waals surface area contributed by atoms with E-state index >= 15 is 0 Å². The van der Waals surface area contributed by atoms with Gasteiger partial charge in [0.05, 0.1) is 21.3 Å². The SMILES string of the molecule is COc1cc(-c2cc3nccc(-c4ccccc4C(C)C)c3o2)cc(OC)c1OC. The van der Waals surface area contributed by atoms with E-state index in [0.29, 0.717) is 28.9 Å². The molecule has 0 aliphatic heterocycles. The number of ether oxygens (including phenoxy) is 3. The van der Waals surface area contributed by atoms with Gasteiger partial charge in [-0.2, -0.15) is 0 Å². The van der Waals surface area contributed by atoms with Crippen LogP contribution in [-0.2, 0) is 0 Å². The molecule has 4 rings (SSSR count). The Bertz CT molecular complexity index is 1170. The van der Waals surface area contributed by atoms with Crippen LogP contribution in [0.4, 0.5) is 0 Å². The van der Waals surface area contributed by atoms with Crippen molar-refractivity contribution in [2.24, 2.45) is 0 Å². The van der Waals surface area contributed by atoms with Gasteiger partial charge in [0, 0.05) is 23.4 Å². The first-order valence-electron chi connectivity index (χ1n) is 9.85. The van der Waals surface area contributed by atoms with E-state index in [1.807, 2.05) is 30.5 Å². The van der Waals surface area contributed by atoms with Gasteiger partial charge in [-0.05, 0) is 35.2 Å². The fourth-order valence-corrected chi connectivity index (χ4v) is 3.76. The van der Waals surface area contributed by atoms with Crippen molar-refractivity contribution in [3.63, 3.8) is 0 Å². The average molecular weight is 403 g/mol. The molecule has 2 aromatic carbocycles. The van der Waals surface area contributed by atoms with Gasteiger partial charge in [0.25, 0.3) is 0 Å². The number of methoxy groups -OCH3 is 3. The third-order valence-corrected chi connectivity index (χ3v) is 5.23. The summed E-state index contributed by atoms with van der Waals surface area (Å²) in [4.78, 5) is 4.53. The van der Waals surface area contributed by atoms with E-state index in [1.165, 1.54) is 5.56 Å². The van der Waals surface area contributed by atoms with Gasteiger partial charge in [-0.15, -0.1) is 0 Å². The smallest absolute Gasteiger partial charge is 0.203 e. The van der Waals surface area contributed by atoms with Crippen molar-refractivity contribution in [3.05, 3.63) is 60.3 Å². The fourth-order valence-electron chi connectivity index (χ4n) is 3.76. The fraction of sp³-hybridized carbons (Fsp3) is 0.240. The molecule has 0 N–H and O–H groups in total. The zero-order valence-electron chi connectivity index (χ0n) is 17.9. The van der Waals surface area contributed by atoms with Crippen LogP contribution in [0.15, 0.2) is 59.1 Å². The summed E-state index contributed by atoms with van der Waals surface area (Å²) in [5, 5.41) is 0. The van der Waals surface area contributed by atoms with Crippen LogP contribution in [0.5, 0.6) is 17.2 Å². The molecular weight excluding hydrogens is 378 g/mol. The Morgan fingerprint density at radius 2 is 1.53 bits per heavy atom. The first kappa shape index (κ1) is 19.8. The molecule has 0 aliphatic carbocycles. The molecule has 0 saturated heterocycles. The maximum atomic E-state index is 6.33. The van der Waals surface area contributed by atoms with Crippen molar-refractivity contribution < 1.29 is 18.6 Å². The van der Waals surface area contributed by atoms with Crippen LogP contribution in [0.1, 0.15) is 25.3 Å². The maximum absolute atomic E-state index is 6.33. The molecule has 30 heavy (non-hydrogen) atoms. The highest BCUT2D eigenvalue weighted by Gasteiger charge is 2.19. The third kappa shape index (κ3) is 3.36. The Morgan fingerprint density at radius 1 is 0.833 bits per heavy atom. The van der Waals surface area contributed by atoms with Crippen LogP contribution >= 0.6 is 0 Å². The zero-order valence-corrected chi connectivity index (χ0v) is 17.9. The minimum Gasteiger partial charge on any atom is -0.493 e. The quantitative estimate of drug-likeness (QED) is 0.377. The lowest BCUT2D eigenvalue weighted by Crippen LogP contribution is -1.95. The molecule has 0 unspecified atom stereocenters. The predicted molar refractivity (Wildman–Crippen MR) is 119 cm³/mol. The number of hydrogen-bond acceptors (Lipinski definition) is 5. The first-order valence-corrected chi connectivity index (χ1v) is 9.85. The number of fused-ring (bicyclic) bond motifs is 1. The Kier molecular flexibility index (Phi) is 5.36. The average Bonchev–Trinajstić information content (AvgIpc) is 3.22. The van der Waals surface area contributed by atoms with Crippen molar-refractivity contribution >= 4 is 11.1 Å². The topological polar surface area (TPSA) is 53.7 Å². The highest BCUT2D eigenvalue weighted by Crippen LogP contribution is 2.43. The summed E-state index contributed by atoms with van der Waals surface area (Å²) in [7, 11) is 4.79. The second-order valence-electron chi connectivity index (χ2n) is 7.34. The van der Waals surface area contributed by atoms with E-state index in [2.05, 4.69) is 43.1 Å². The normalized spacial score (nSPS) is 11.1. The molecular formula is C25H25NO4. The van der Waals surface area contributed by atoms with Crippen LogP contribution in [0.25, 0.3) is 33.6 Å². The molecule has 0 saturated carbocycles. The van der Waals surface area contributed by atoms with Crippen LogP contribution in [-0.4, -0.2) is 26.3 Å². The van der Waals surface area contributed by atoms with Gasteiger partial charge >= 0.3 is 0 Å². The summed E-state index contributed by atoms with van der Waals surface area (Å²) < 4.78 is 22.7. The van der Waals surface area contributed by atoms with Crippen LogP contribution in [0, 0.1) is 0 Å². The number of aromatic nitrogens is 1. The van der Waals surface area contributed by atoms with Gasteiger partial charge in [-0.3, -0.25) is 4.98 Å². The van der Waals surface area contributed by atoms with Crippen molar-refractivity contribution in [2.45, 2.75) is 19.8 Å². The molecule has 0 amide bonds. The molecule has 5 nitrogen and oxygen atoms in total. The van der Waals surface area contributed by atoms with Crippen LogP contribution in [0.3, 0.4) is 0 Å². The van der Waals surface area contributed by atoms with Crippen molar-refractivity contribution in [1.29, 1.82) is 0 Å². The largest absolute Gasteiger partial charge is 0.493 e. The predicted octanol–water partition coefficient (Wildman–Crippen LogP) is 6.31. The number of rotatable bonds is 6. The van der Waals surface area contributed by atoms with E-state index in [-0.39, 0.29) is 0 Å². The third-order valence-electron chi connectivity index (χ3n) is 5.23. The molecule has 2 aromatic heterocycles. The van der Waals surface area contributed by atoms with Crippen molar-refractivity contribution in [2.75, 3.05) is 21.3 Å². The number of hydrogen-bond donors (Lipinski definition) is 0. The highest BCUT2D eigenvalue weighted by atomic mass is 16.5. The molecule has 0 atom stereocenters. The Hall–Kier alpha value is -3.47. The summed E-state index contributed by atoms with van der Waals surface area (Å²) >= 11 is 0. The molecule has 0 bridgehead atoms. The lowest BCUT2D eigenvalue weighted by Gasteiger charge is -2.13. The van der Waals surface area contributed by atoms with Crippen LogP contribution < -0.4 is 14.2 Å². The van der Waals surface area contributed by atoms with Gasteiger partial charge in [-0.1, -0.05) is 38.1 Å². The molecule has 0 fully saturated rings. The Morgan fingerprint density at radius 3 is 2.17 bits per heavy atom. The Balaban J connectivity index is 1.90. The highest BCUT2D eigenvalue weighted by molar-refractivity contribution is 5.93. The summed E-state index contributed by atoms with van der Waals surface area (Å²) in [6.45, 7) is 4.39. The van der Waals surface area contributed by atoms with E-state index < -0.39 is 0 Å². The van der Waals surface area contributed by atoms with E-state index in [9.17, 15) is 0 Å². The molecule has 0 spiro atoms. The summed E-state index contributed by atoms with van der Waals surface area (Å²) in [6, 6.07) is 16.1. The van der Waals surface area contributed by atoms with Crippen molar-refractivity contribution in [3.8, 4) is 39.7 Å². The standard InChI is InChI=1S/C25H25NO4/c1-15(2)17-8-6-7-9-18(17)19-10-11-26-20-14-21(30-24(19)20)16-12-22(27-3)25(29-5)23(13-16)28-4/h6-15H,1-5H3. The zero-order chi connectivity index (χ0) is 21.3. The molecule has 4 aromatic rings. The molecule has 2 heterocycles. The lowest BCUT2D eigenvalue weighted by atomic mass is 9.93. The van der Waals surface area contributed by atoms with E-state index in [4.69, 9.17) is 18.6 Å². The van der Waals surface area contributed by atoms with Gasteiger partial charge in [0.1, 0.15) is 11.3 Å². The molecule has 0 aliphatic rings. The monoisotopic (exact) mass is 403 g/mol. The minimum absolute atomic E-state index is 0.397. The molecule has 5 heteroatoms. The van der Waals surface area contributed by atoms with Crippen molar-refractivity contribution in [1.82, 2.24) is 4.98 Å². The van der Waals surface area contributed by atoms with Gasteiger partial charge < -0.3 is 18.6 Å². The number of pyridine rings is 1. The Labute approximate surface area is 176 Å². The number of furan rings is 1. The first-order chi connectivity index (χ1) is 14.6. The molecule has 0 radical (unpaired) electrons. The van der Waals surface area contributed by atoms with Gasteiger partial charge in [-0.25, -0.2) is 0 Å². The summed E-state index contributed by atoms with van der Waals surface area (Å²) in [5.41, 5.74) is 5.85. The summed E-state index contributed by atoms with van der Waals surface area (Å²) in [6.07, 6.45) is 1.82. The second-order valence-corrected chi connectivity index (χ2v) is 7.34. The van der Waals surface area contributed by atoms with E-state index in [0.717, 1.165) is 27.8 Å². The maximum Gasteiger partial charge on any atom is 0.203 e. The minimum atomic E-state index is 0.397. The molecule has 154 valence electrons. The summed E-state index contributed by atoms with van der Waals surface area (Å²) in [5.74, 6) is 2.78. The number of nitrogens with zero attached hydrogens (tertiary/aromatic N) is 1. The second kappa shape index (κ2) is 8.11. The number of benzene rings is 2. The van der Waals surface area contributed by atoms with Crippen LogP contribution in [0.2, 0.25) is 0 Å². The van der Waals surface area contributed by atoms with E-state index in [1.54, 1.807) is 21.3 Å². The lowest BCUT2D eigenvalue weighted by molar-refractivity contribution is 0.324. The van der Waals surface area contributed by atoms with Gasteiger partial charge in [0.15, 0.2) is 17.1 Å². The van der Waals surface area contributed by atoms with Gasteiger partial charge in [0.2, 0.25) is 5.75 Å².